The van der Waals surface area contributed by atoms with Crippen LogP contribution in [0.3, 0.4) is 0 Å². The Kier molecular flexibility index (Phi) is 4.07. The first-order chi connectivity index (χ1) is 7.64. The number of aliphatic hydroxyl groups is 1. The van der Waals surface area contributed by atoms with Crippen molar-refractivity contribution < 1.29 is 15.0 Å². The molecule has 1 saturated carbocycles. The van der Waals surface area contributed by atoms with Crippen molar-refractivity contribution in [1.29, 1.82) is 0 Å². The molecule has 0 heterocycles. The number of rotatable bonds is 2. The first-order valence-corrected chi connectivity index (χ1v) is 6.36. The van der Waals surface area contributed by atoms with Crippen LogP contribution in [0.4, 0.5) is 4.79 Å². The van der Waals surface area contributed by atoms with Gasteiger partial charge in [0.15, 0.2) is 0 Å². The highest BCUT2D eigenvalue weighted by Crippen LogP contribution is 2.42. The van der Waals surface area contributed by atoms with Crippen LogP contribution in [0.2, 0.25) is 0 Å². The van der Waals surface area contributed by atoms with Gasteiger partial charge < -0.3 is 15.5 Å². The molecule has 1 rings (SSSR count). The fourth-order valence-corrected chi connectivity index (χ4v) is 2.62. The van der Waals surface area contributed by atoms with Crippen molar-refractivity contribution in [3.63, 3.8) is 0 Å². The van der Waals surface area contributed by atoms with Crippen LogP contribution in [0.25, 0.3) is 0 Å². The first kappa shape index (κ1) is 14.3. The quantitative estimate of drug-likeness (QED) is 0.698. The summed E-state index contributed by atoms with van der Waals surface area (Å²) in [6, 6.07) is -0.0138. The maximum Gasteiger partial charge on any atom is 0.404 e. The predicted molar refractivity (Wildman–Crippen MR) is 67.0 cm³/mol. The number of nitrogens with one attached hydrogen (secondary N) is 1. The van der Waals surface area contributed by atoms with Crippen LogP contribution in [0.15, 0.2) is 0 Å². The summed E-state index contributed by atoms with van der Waals surface area (Å²) in [7, 11) is 0. The summed E-state index contributed by atoms with van der Waals surface area (Å²) in [5.41, 5.74) is -0.950. The van der Waals surface area contributed by atoms with Crippen LogP contribution >= 0.6 is 0 Å². The average molecular weight is 243 g/mol. The second kappa shape index (κ2) is 4.84. The summed E-state index contributed by atoms with van der Waals surface area (Å²) < 4.78 is 0. The lowest BCUT2D eigenvalue weighted by molar-refractivity contribution is -0.102. The van der Waals surface area contributed by atoms with Crippen molar-refractivity contribution in [3.05, 3.63) is 0 Å². The monoisotopic (exact) mass is 243 g/mol. The molecule has 3 unspecified atom stereocenters. The zero-order valence-corrected chi connectivity index (χ0v) is 11.3. The molecule has 3 atom stereocenters. The molecule has 0 aromatic carbocycles. The van der Waals surface area contributed by atoms with E-state index >= 15 is 0 Å². The van der Waals surface area contributed by atoms with E-state index in [1.54, 1.807) is 0 Å². The van der Waals surface area contributed by atoms with Gasteiger partial charge in [-0.25, -0.2) is 4.79 Å². The minimum absolute atomic E-state index is 0.0138. The van der Waals surface area contributed by atoms with Crippen molar-refractivity contribution in [2.75, 3.05) is 0 Å². The maximum absolute atomic E-state index is 10.7. The molecule has 0 spiro atoms. The molecule has 0 saturated heterocycles. The molecule has 0 aromatic rings. The Morgan fingerprint density at radius 2 is 1.82 bits per heavy atom. The van der Waals surface area contributed by atoms with Gasteiger partial charge in [-0.3, -0.25) is 0 Å². The van der Waals surface area contributed by atoms with E-state index in [9.17, 15) is 9.90 Å². The third-order valence-electron chi connectivity index (χ3n) is 4.32. The highest BCUT2D eigenvalue weighted by molar-refractivity contribution is 5.64. The van der Waals surface area contributed by atoms with E-state index in [4.69, 9.17) is 5.11 Å². The van der Waals surface area contributed by atoms with Crippen LogP contribution < -0.4 is 5.32 Å². The van der Waals surface area contributed by atoms with Crippen molar-refractivity contribution in [3.8, 4) is 0 Å². The summed E-state index contributed by atoms with van der Waals surface area (Å²) >= 11 is 0. The molecule has 1 aliphatic rings. The molecule has 17 heavy (non-hydrogen) atoms. The lowest BCUT2D eigenvalue weighted by atomic mass is 9.65. The van der Waals surface area contributed by atoms with Gasteiger partial charge in [0.1, 0.15) is 0 Å². The number of hydrogen-bond donors (Lipinski definition) is 3. The lowest BCUT2D eigenvalue weighted by Crippen LogP contribution is -2.50. The van der Waals surface area contributed by atoms with Gasteiger partial charge in [-0.05, 0) is 37.5 Å². The van der Waals surface area contributed by atoms with E-state index in [-0.39, 0.29) is 17.4 Å². The van der Waals surface area contributed by atoms with Crippen molar-refractivity contribution in [1.82, 2.24) is 5.32 Å². The standard InChI is InChI=1S/C13H25NO3/c1-12(2,3)13(4,17)9-6-5-7-10(8-9)14-11(15)16/h9-10,14,17H,5-8H2,1-4H3,(H,15,16). The first-order valence-electron chi connectivity index (χ1n) is 6.36. The molecule has 4 nitrogen and oxygen atoms in total. The van der Waals surface area contributed by atoms with E-state index in [0.717, 1.165) is 25.7 Å². The summed E-state index contributed by atoms with van der Waals surface area (Å²) in [6.07, 6.45) is 2.59. The summed E-state index contributed by atoms with van der Waals surface area (Å²) in [4.78, 5) is 10.6. The number of amides is 1. The Balaban J connectivity index is 2.69. The van der Waals surface area contributed by atoms with Crippen LogP contribution in [-0.4, -0.2) is 27.9 Å². The zero-order valence-electron chi connectivity index (χ0n) is 11.3. The predicted octanol–water partition coefficient (Wildman–Crippen LogP) is 2.61. The molecule has 0 radical (unpaired) electrons. The molecule has 1 fully saturated rings. The second-order valence-corrected chi connectivity index (χ2v) is 6.41. The number of hydrogen-bond acceptors (Lipinski definition) is 2. The van der Waals surface area contributed by atoms with E-state index < -0.39 is 11.7 Å². The number of carbonyl (C=O) groups is 1. The third-order valence-corrected chi connectivity index (χ3v) is 4.32. The second-order valence-electron chi connectivity index (χ2n) is 6.41. The molecule has 4 heteroatoms. The Morgan fingerprint density at radius 1 is 1.24 bits per heavy atom. The molecule has 0 bridgehead atoms. The fraction of sp³-hybridized carbons (Fsp3) is 0.923. The van der Waals surface area contributed by atoms with Crippen LogP contribution in [0, 0.1) is 11.3 Å². The molecule has 0 aliphatic heterocycles. The number of carboxylic acid groups (broad SMARTS) is 1. The Hall–Kier alpha value is -0.770. The minimum Gasteiger partial charge on any atom is -0.465 e. The largest absolute Gasteiger partial charge is 0.465 e. The van der Waals surface area contributed by atoms with Gasteiger partial charge >= 0.3 is 6.09 Å². The van der Waals surface area contributed by atoms with Gasteiger partial charge in [0.05, 0.1) is 5.60 Å². The van der Waals surface area contributed by atoms with Gasteiger partial charge in [-0.1, -0.05) is 27.2 Å². The Labute approximate surface area is 103 Å². The van der Waals surface area contributed by atoms with Crippen molar-refractivity contribution in [2.24, 2.45) is 11.3 Å². The van der Waals surface area contributed by atoms with Crippen LogP contribution in [0.1, 0.15) is 53.4 Å². The Morgan fingerprint density at radius 3 is 2.29 bits per heavy atom. The summed E-state index contributed by atoms with van der Waals surface area (Å²) in [6.45, 7) is 7.96. The van der Waals surface area contributed by atoms with Crippen LogP contribution in [-0.2, 0) is 0 Å². The van der Waals surface area contributed by atoms with Crippen molar-refractivity contribution in [2.45, 2.75) is 65.0 Å². The molecule has 0 aromatic heterocycles. The van der Waals surface area contributed by atoms with E-state index in [0.29, 0.717) is 0 Å². The summed E-state index contributed by atoms with van der Waals surface area (Å²) in [5.74, 6) is 0.160. The van der Waals surface area contributed by atoms with Crippen molar-refractivity contribution >= 4 is 6.09 Å². The topological polar surface area (TPSA) is 69.6 Å². The zero-order chi connectivity index (χ0) is 13.3. The van der Waals surface area contributed by atoms with Gasteiger partial charge in [0.2, 0.25) is 0 Å². The fourth-order valence-electron chi connectivity index (χ4n) is 2.62. The van der Waals surface area contributed by atoms with E-state index in [1.807, 2.05) is 27.7 Å². The Bertz CT molecular complexity index is 281. The summed E-state index contributed by atoms with van der Waals surface area (Å²) in [5, 5.41) is 21.9. The lowest BCUT2D eigenvalue weighted by Gasteiger charge is -2.46. The van der Waals surface area contributed by atoms with Gasteiger partial charge in [0.25, 0.3) is 0 Å². The smallest absolute Gasteiger partial charge is 0.404 e. The normalized spacial score (nSPS) is 29.5. The van der Waals surface area contributed by atoms with E-state index in [1.165, 1.54) is 0 Å². The SMILES string of the molecule is CC(C)(C)C(C)(O)C1CCCC(NC(=O)O)C1. The average Bonchev–Trinajstić information content (AvgIpc) is 2.15. The molecular weight excluding hydrogens is 218 g/mol. The highest BCUT2D eigenvalue weighted by Gasteiger charge is 2.44. The van der Waals surface area contributed by atoms with Crippen LogP contribution in [0.5, 0.6) is 0 Å². The van der Waals surface area contributed by atoms with Gasteiger partial charge in [0, 0.05) is 6.04 Å². The minimum atomic E-state index is -0.967. The molecular formula is C13H25NO3. The molecule has 1 amide bonds. The highest BCUT2D eigenvalue weighted by atomic mass is 16.4. The third kappa shape index (κ3) is 3.35. The molecule has 3 N–H and O–H groups in total. The van der Waals surface area contributed by atoms with Gasteiger partial charge in [-0.15, -0.1) is 0 Å². The molecule has 1 aliphatic carbocycles. The van der Waals surface area contributed by atoms with E-state index in [2.05, 4.69) is 5.32 Å². The maximum atomic E-state index is 10.7. The molecule has 100 valence electrons. The van der Waals surface area contributed by atoms with Gasteiger partial charge in [-0.2, -0.15) is 0 Å².